The normalized spacial score (nSPS) is 10.9. The molecule has 1 aromatic rings. The summed E-state index contributed by atoms with van der Waals surface area (Å²) in [5.41, 5.74) is 0.827. The number of benzene rings is 1. The van der Waals surface area contributed by atoms with Gasteiger partial charge in [-0.2, -0.15) is 0 Å². The smallest absolute Gasteiger partial charge is 0.0835 e. The molecule has 0 bridgehead atoms. The molecular weight excluding hydrogens is 325 g/mol. The van der Waals surface area contributed by atoms with Crippen LogP contribution in [0.4, 0.5) is 5.69 Å². The average Bonchev–Trinajstić information content (AvgIpc) is 2.28. The third-order valence-corrected chi connectivity index (χ3v) is 3.82. The Morgan fingerprint density at radius 3 is 2.65 bits per heavy atom. The first-order valence-electron chi connectivity index (χ1n) is 5.47. The maximum absolute atomic E-state index is 6.10. The second-order valence-corrected chi connectivity index (χ2v) is 5.73. The van der Waals surface area contributed by atoms with E-state index in [2.05, 4.69) is 35.1 Å². The highest BCUT2D eigenvalue weighted by molar-refractivity contribution is 9.10. The fraction of sp³-hybridized carbons (Fsp3) is 0.500. The molecule has 0 radical (unpaired) electrons. The number of nitrogens with one attached hydrogen (secondary N) is 1. The Hall–Kier alpha value is 0.0400. The first kappa shape index (κ1) is 15.1. The zero-order valence-corrected chi connectivity index (χ0v) is 13.0. The molecule has 0 aromatic heterocycles. The van der Waals surface area contributed by atoms with E-state index in [1.54, 1.807) is 0 Å². The maximum atomic E-state index is 6.10. The lowest BCUT2D eigenvalue weighted by molar-refractivity contribution is 0.118. The Kier molecular flexibility index (Phi) is 6.63. The van der Waals surface area contributed by atoms with Crippen LogP contribution in [0, 0.1) is 5.92 Å². The van der Waals surface area contributed by atoms with Gasteiger partial charge in [-0.3, -0.25) is 0 Å². The van der Waals surface area contributed by atoms with Crippen molar-refractivity contribution in [1.29, 1.82) is 0 Å². The molecule has 96 valence electrons. The van der Waals surface area contributed by atoms with Crippen molar-refractivity contribution in [3.8, 4) is 0 Å². The molecule has 0 amide bonds. The van der Waals surface area contributed by atoms with Gasteiger partial charge in [-0.05, 0) is 34.0 Å². The zero-order valence-electron chi connectivity index (χ0n) is 9.90. The van der Waals surface area contributed by atoms with Crippen molar-refractivity contribution in [2.75, 3.05) is 25.1 Å². The van der Waals surface area contributed by atoms with Gasteiger partial charge < -0.3 is 10.1 Å². The summed E-state index contributed by atoms with van der Waals surface area (Å²) in [5.74, 6) is 0.556. The van der Waals surface area contributed by atoms with Crippen molar-refractivity contribution in [2.24, 2.45) is 5.92 Å². The summed E-state index contributed by atoms with van der Waals surface area (Å²) >= 11 is 15.4. The average molecular weight is 341 g/mol. The molecule has 0 atom stereocenters. The number of hydrogen-bond acceptors (Lipinski definition) is 2. The van der Waals surface area contributed by atoms with E-state index in [-0.39, 0.29) is 0 Å². The molecule has 0 heterocycles. The molecule has 1 rings (SSSR count). The maximum Gasteiger partial charge on any atom is 0.0835 e. The second-order valence-electron chi connectivity index (χ2n) is 4.12. The van der Waals surface area contributed by atoms with Gasteiger partial charge in [-0.1, -0.05) is 37.0 Å². The molecule has 0 saturated heterocycles. The van der Waals surface area contributed by atoms with Gasteiger partial charge in [-0.25, -0.2) is 0 Å². The summed E-state index contributed by atoms with van der Waals surface area (Å²) in [6.45, 7) is 6.39. The fourth-order valence-electron chi connectivity index (χ4n) is 1.24. The number of ether oxygens (including phenoxy) is 1. The van der Waals surface area contributed by atoms with Gasteiger partial charge >= 0.3 is 0 Å². The molecule has 17 heavy (non-hydrogen) atoms. The third-order valence-electron chi connectivity index (χ3n) is 2.05. The molecule has 0 aliphatic carbocycles. The first-order valence-corrected chi connectivity index (χ1v) is 7.02. The number of halogens is 3. The summed E-state index contributed by atoms with van der Waals surface area (Å²) in [7, 11) is 0. The molecule has 0 aliphatic heterocycles. The van der Waals surface area contributed by atoms with Crippen molar-refractivity contribution >= 4 is 44.8 Å². The predicted molar refractivity (Wildman–Crippen MR) is 78.3 cm³/mol. The standard InChI is InChI=1S/C12H16BrCl2NO/c1-8(2)7-17-6-5-16-10-4-3-9(13)11(14)12(10)15/h3-4,8,16H,5-7H2,1-2H3. The van der Waals surface area contributed by atoms with E-state index in [1.807, 2.05) is 12.1 Å². The SMILES string of the molecule is CC(C)COCCNc1ccc(Br)c(Cl)c1Cl. The van der Waals surface area contributed by atoms with Crippen LogP contribution in [-0.4, -0.2) is 19.8 Å². The summed E-state index contributed by atoms with van der Waals surface area (Å²) in [6.07, 6.45) is 0. The largest absolute Gasteiger partial charge is 0.381 e. The lowest BCUT2D eigenvalue weighted by Crippen LogP contribution is -2.12. The van der Waals surface area contributed by atoms with Crippen LogP contribution >= 0.6 is 39.1 Å². The lowest BCUT2D eigenvalue weighted by Gasteiger charge is -2.11. The zero-order chi connectivity index (χ0) is 12.8. The van der Waals surface area contributed by atoms with Crippen molar-refractivity contribution in [2.45, 2.75) is 13.8 Å². The van der Waals surface area contributed by atoms with Gasteiger partial charge in [0.2, 0.25) is 0 Å². The quantitative estimate of drug-likeness (QED) is 0.591. The number of rotatable bonds is 6. The molecule has 0 unspecified atom stereocenters. The van der Waals surface area contributed by atoms with E-state index < -0.39 is 0 Å². The van der Waals surface area contributed by atoms with Crippen molar-refractivity contribution in [1.82, 2.24) is 0 Å². The molecule has 1 aromatic carbocycles. The van der Waals surface area contributed by atoms with Gasteiger partial charge in [0.1, 0.15) is 0 Å². The van der Waals surface area contributed by atoms with Gasteiger partial charge in [0, 0.05) is 17.6 Å². The van der Waals surface area contributed by atoms with E-state index in [0.29, 0.717) is 29.1 Å². The van der Waals surface area contributed by atoms with Gasteiger partial charge in [0.05, 0.1) is 22.3 Å². The first-order chi connectivity index (χ1) is 8.02. The minimum absolute atomic E-state index is 0.528. The van der Waals surface area contributed by atoms with Crippen LogP contribution in [0.3, 0.4) is 0 Å². The monoisotopic (exact) mass is 339 g/mol. The van der Waals surface area contributed by atoms with Crippen LogP contribution in [0.5, 0.6) is 0 Å². The van der Waals surface area contributed by atoms with Crippen LogP contribution < -0.4 is 5.32 Å². The minimum atomic E-state index is 0.528. The van der Waals surface area contributed by atoms with Gasteiger partial charge in [0.15, 0.2) is 0 Å². The Morgan fingerprint density at radius 1 is 1.29 bits per heavy atom. The predicted octanol–water partition coefficient (Wildman–Crippen LogP) is 4.84. The highest BCUT2D eigenvalue weighted by atomic mass is 79.9. The number of anilines is 1. The van der Waals surface area contributed by atoms with E-state index in [0.717, 1.165) is 16.8 Å². The van der Waals surface area contributed by atoms with Crippen LogP contribution in [0.25, 0.3) is 0 Å². The van der Waals surface area contributed by atoms with Gasteiger partial charge in [0.25, 0.3) is 0 Å². The summed E-state index contributed by atoms with van der Waals surface area (Å²) in [4.78, 5) is 0. The van der Waals surface area contributed by atoms with Crippen molar-refractivity contribution < 1.29 is 4.74 Å². The lowest BCUT2D eigenvalue weighted by atomic mass is 10.2. The Bertz CT molecular complexity index is 372. The minimum Gasteiger partial charge on any atom is -0.381 e. The molecule has 0 fully saturated rings. The summed E-state index contributed by atoms with van der Waals surface area (Å²) in [6, 6.07) is 3.76. The molecule has 2 nitrogen and oxygen atoms in total. The van der Waals surface area contributed by atoms with Crippen LogP contribution in [-0.2, 0) is 4.74 Å². The summed E-state index contributed by atoms with van der Waals surface area (Å²) in [5, 5.41) is 4.25. The van der Waals surface area contributed by atoms with Crippen molar-refractivity contribution in [3.05, 3.63) is 26.7 Å². The molecule has 0 spiro atoms. The molecule has 0 aliphatic rings. The molecule has 5 heteroatoms. The second kappa shape index (κ2) is 7.47. The topological polar surface area (TPSA) is 21.3 Å². The third kappa shape index (κ3) is 5.04. The van der Waals surface area contributed by atoms with E-state index in [9.17, 15) is 0 Å². The van der Waals surface area contributed by atoms with E-state index >= 15 is 0 Å². The highest BCUT2D eigenvalue weighted by Gasteiger charge is 2.07. The molecule has 0 saturated carbocycles. The number of hydrogen-bond donors (Lipinski definition) is 1. The van der Waals surface area contributed by atoms with Crippen LogP contribution in [0.15, 0.2) is 16.6 Å². The summed E-state index contributed by atoms with van der Waals surface area (Å²) < 4.78 is 6.26. The molecule has 1 N–H and O–H groups in total. The van der Waals surface area contributed by atoms with Crippen LogP contribution in [0.2, 0.25) is 10.0 Å². The highest BCUT2D eigenvalue weighted by Crippen LogP contribution is 2.35. The van der Waals surface area contributed by atoms with Crippen LogP contribution in [0.1, 0.15) is 13.8 Å². The van der Waals surface area contributed by atoms with E-state index in [4.69, 9.17) is 27.9 Å². The van der Waals surface area contributed by atoms with Gasteiger partial charge in [-0.15, -0.1) is 0 Å². The Labute approximate surface area is 121 Å². The Morgan fingerprint density at radius 2 is 2.00 bits per heavy atom. The van der Waals surface area contributed by atoms with Crippen molar-refractivity contribution in [3.63, 3.8) is 0 Å². The Balaban J connectivity index is 2.40. The fourth-order valence-corrected chi connectivity index (χ4v) is 2.08. The van der Waals surface area contributed by atoms with E-state index in [1.165, 1.54) is 0 Å². The molecular formula is C12H16BrCl2NO.